The van der Waals surface area contributed by atoms with E-state index in [1.54, 1.807) is 11.3 Å². The molecule has 0 aliphatic heterocycles. The predicted octanol–water partition coefficient (Wildman–Crippen LogP) is 2.09. The lowest BCUT2D eigenvalue weighted by Crippen LogP contribution is -2.32. The molecule has 4 heteroatoms. The highest BCUT2D eigenvalue weighted by Crippen LogP contribution is 2.09. The molecule has 0 aromatic carbocycles. The Balaban J connectivity index is 2.34. The maximum Gasteiger partial charge on any atom is 0.317 e. The van der Waals surface area contributed by atoms with Gasteiger partial charge in [0, 0.05) is 11.4 Å². The largest absolute Gasteiger partial charge is 0.480 e. The second-order valence-electron chi connectivity index (χ2n) is 3.50. The first-order valence-electron chi connectivity index (χ1n) is 5.19. The molecule has 0 aliphatic rings. The summed E-state index contributed by atoms with van der Waals surface area (Å²) < 4.78 is 0. The Morgan fingerprint density at radius 1 is 1.53 bits per heavy atom. The summed E-state index contributed by atoms with van der Waals surface area (Å²) >= 11 is 1.73. The quantitative estimate of drug-likeness (QED) is 0.775. The van der Waals surface area contributed by atoms with Crippen molar-refractivity contribution in [2.45, 2.75) is 19.8 Å². The SMILES string of the molecule is CCCN(CCc1cccs1)CC(=O)O. The van der Waals surface area contributed by atoms with Gasteiger partial charge in [-0.2, -0.15) is 0 Å². The smallest absolute Gasteiger partial charge is 0.317 e. The zero-order valence-corrected chi connectivity index (χ0v) is 9.80. The molecule has 0 atom stereocenters. The maximum absolute atomic E-state index is 10.6. The van der Waals surface area contributed by atoms with Gasteiger partial charge < -0.3 is 5.11 Å². The van der Waals surface area contributed by atoms with Gasteiger partial charge in [-0.1, -0.05) is 13.0 Å². The molecule has 0 bridgehead atoms. The van der Waals surface area contributed by atoms with Crippen LogP contribution < -0.4 is 0 Å². The molecule has 0 unspecified atom stereocenters. The maximum atomic E-state index is 10.6. The number of carboxylic acid groups (broad SMARTS) is 1. The minimum atomic E-state index is -0.741. The highest BCUT2D eigenvalue weighted by molar-refractivity contribution is 7.09. The number of thiophene rings is 1. The van der Waals surface area contributed by atoms with E-state index in [1.807, 2.05) is 11.0 Å². The lowest BCUT2D eigenvalue weighted by molar-refractivity contribution is -0.138. The third-order valence-corrected chi connectivity index (χ3v) is 3.09. The Hall–Kier alpha value is -0.870. The summed E-state index contributed by atoms with van der Waals surface area (Å²) in [6.07, 6.45) is 1.95. The number of carboxylic acids is 1. The Kier molecular flexibility index (Phi) is 5.36. The molecule has 15 heavy (non-hydrogen) atoms. The van der Waals surface area contributed by atoms with Crippen LogP contribution in [0.15, 0.2) is 17.5 Å². The van der Waals surface area contributed by atoms with Crippen LogP contribution in [0, 0.1) is 0 Å². The monoisotopic (exact) mass is 227 g/mol. The van der Waals surface area contributed by atoms with Gasteiger partial charge >= 0.3 is 5.97 Å². The van der Waals surface area contributed by atoms with Crippen LogP contribution in [-0.2, 0) is 11.2 Å². The van der Waals surface area contributed by atoms with Crippen molar-refractivity contribution in [2.75, 3.05) is 19.6 Å². The van der Waals surface area contributed by atoms with Crippen molar-refractivity contribution in [3.8, 4) is 0 Å². The van der Waals surface area contributed by atoms with Gasteiger partial charge in [0.25, 0.3) is 0 Å². The molecule has 1 heterocycles. The summed E-state index contributed by atoms with van der Waals surface area (Å²) in [5.74, 6) is -0.741. The van der Waals surface area contributed by atoms with Gasteiger partial charge in [0.15, 0.2) is 0 Å². The van der Waals surface area contributed by atoms with Gasteiger partial charge in [-0.05, 0) is 30.8 Å². The van der Waals surface area contributed by atoms with Crippen LogP contribution in [0.3, 0.4) is 0 Å². The highest BCUT2D eigenvalue weighted by Gasteiger charge is 2.08. The minimum absolute atomic E-state index is 0.152. The highest BCUT2D eigenvalue weighted by atomic mass is 32.1. The molecule has 3 nitrogen and oxygen atoms in total. The first-order chi connectivity index (χ1) is 7.22. The Morgan fingerprint density at radius 2 is 2.33 bits per heavy atom. The Morgan fingerprint density at radius 3 is 2.87 bits per heavy atom. The molecular weight excluding hydrogens is 210 g/mol. The zero-order chi connectivity index (χ0) is 11.1. The molecule has 0 saturated carbocycles. The van der Waals surface area contributed by atoms with E-state index in [-0.39, 0.29) is 6.54 Å². The fourth-order valence-electron chi connectivity index (χ4n) is 1.50. The van der Waals surface area contributed by atoms with Crippen molar-refractivity contribution in [3.63, 3.8) is 0 Å². The van der Waals surface area contributed by atoms with Crippen LogP contribution in [0.2, 0.25) is 0 Å². The number of carbonyl (C=O) groups is 1. The summed E-state index contributed by atoms with van der Waals surface area (Å²) in [4.78, 5) is 13.9. The van der Waals surface area contributed by atoms with Gasteiger partial charge in [0.1, 0.15) is 0 Å². The summed E-state index contributed by atoms with van der Waals surface area (Å²) in [5.41, 5.74) is 0. The molecule has 1 aromatic heterocycles. The average Bonchev–Trinajstić information content (AvgIpc) is 2.66. The Bertz CT molecular complexity index is 285. The number of hydrogen-bond acceptors (Lipinski definition) is 3. The van der Waals surface area contributed by atoms with E-state index < -0.39 is 5.97 Å². The topological polar surface area (TPSA) is 40.5 Å². The van der Waals surface area contributed by atoms with Crippen molar-refractivity contribution >= 4 is 17.3 Å². The molecule has 0 radical (unpaired) electrons. The fourth-order valence-corrected chi connectivity index (χ4v) is 2.20. The molecular formula is C11H17NO2S. The molecule has 0 aliphatic carbocycles. The molecule has 0 spiro atoms. The molecule has 1 rings (SSSR count). The molecule has 0 fully saturated rings. The van der Waals surface area contributed by atoms with E-state index in [1.165, 1.54) is 4.88 Å². The van der Waals surface area contributed by atoms with Crippen LogP contribution >= 0.6 is 11.3 Å². The van der Waals surface area contributed by atoms with Crippen molar-refractivity contribution in [2.24, 2.45) is 0 Å². The fraction of sp³-hybridized carbons (Fsp3) is 0.545. The number of rotatable bonds is 7. The lowest BCUT2D eigenvalue weighted by Gasteiger charge is -2.18. The van der Waals surface area contributed by atoms with Crippen LogP contribution in [0.5, 0.6) is 0 Å². The van der Waals surface area contributed by atoms with E-state index in [9.17, 15) is 4.79 Å². The van der Waals surface area contributed by atoms with Gasteiger partial charge in [-0.25, -0.2) is 0 Å². The predicted molar refractivity (Wildman–Crippen MR) is 62.4 cm³/mol. The van der Waals surface area contributed by atoms with Crippen LogP contribution in [0.25, 0.3) is 0 Å². The molecule has 0 saturated heterocycles. The van der Waals surface area contributed by atoms with Crippen molar-refractivity contribution < 1.29 is 9.90 Å². The molecule has 84 valence electrons. The minimum Gasteiger partial charge on any atom is -0.480 e. The summed E-state index contributed by atoms with van der Waals surface area (Å²) in [7, 11) is 0. The molecule has 1 aromatic rings. The summed E-state index contributed by atoms with van der Waals surface area (Å²) in [5, 5.41) is 10.8. The van der Waals surface area contributed by atoms with Gasteiger partial charge in [0.2, 0.25) is 0 Å². The van der Waals surface area contributed by atoms with Gasteiger partial charge in [0.05, 0.1) is 6.54 Å². The van der Waals surface area contributed by atoms with Crippen molar-refractivity contribution in [3.05, 3.63) is 22.4 Å². The lowest BCUT2D eigenvalue weighted by atomic mass is 10.3. The number of nitrogens with zero attached hydrogens (tertiary/aromatic N) is 1. The summed E-state index contributed by atoms with van der Waals surface area (Å²) in [6.45, 7) is 3.91. The normalized spacial score (nSPS) is 10.8. The van der Waals surface area contributed by atoms with Crippen molar-refractivity contribution in [1.82, 2.24) is 4.90 Å². The Labute approximate surface area is 94.3 Å². The van der Waals surface area contributed by atoms with E-state index in [0.717, 1.165) is 25.9 Å². The number of hydrogen-bond donors (Lipinski definition) is 1. The number of aliphatic carboxylic acids is 1. The van der Waals surface area contributed by atoms with Gasteiger partial charge in [-0.3, -0.25) is 9.69 Å². The summed E-state index contributed by atoms with van der Waals surface area (Å²) in [6, 6.07) is 4.12. The average molecular weight is 227 g/mol. The van der Waals surface area contributed by atoms with Crippen LogP contribution in [-0.4, -0.2) is 35.6 Å². The standard InChI is InChI=1S/C11H17NO2S/c1-2-6-12(9-11(13)14)7-5-10-4-3-8-15-10/h3-4,8H,2,5-7,9H2,1H3,(H,13,14). The third-order valence-electron chi connectivity index (χ3n) is 2.15. The molecule has 1 N–H and O–H groups in total. The van der Waals surface area contributed by atoms with E-state index in [2.05, 4.69) is 18.4 Å². The van der Waals surface area contributed by atoms with Crippen molar-refractivity contribution in [1.29, 1.82) is 0 Å². The van der Waals surface area contributed by atoms with E-state index >= 15 is 0 Å². The van der Waals surface area contributed by atoms with E-state index in [0.29, 0.717) is 0 Å². The first-order valence-corrected chi connectivity index (χ1v) is 6.07. The van der Waals surface area contributed by atoms with E-state index in [4.69, 9.17) is 5.11 Å². The van der Waals surface area contributed by atoms with Crippen LogP contribution in [0.4, 0.5) is 0 Å². The van der Waals surface area contributed by atoms with Gasteiger partial charge in [-0.15, -0.1) is 11.3 Å². The zero-order valence-electron chi connectivity index (χ0n) is 8.98. The third kappa shape index (κ3) is 4.95. The first kappa shape index (κ1) is 12.2. The molecule has 0 amide bonds. The van der Waals surface area contributed by atoms with Crippen LogP contribution in [0.1, 0.15) is 18.2 Å². The second-order valence-corrected chi connectivity index (χ2v) is 4.53. The second kappa shape index (κ2) is 6.58.